The van der Waals surface area contributed by atoms with Crippen LogP contribution in [-0.4, -0.2) is 41.1 Å². The van der Waals surface area contributed by atoms with Crippen molar-refractivity contribution >= 4 is 11.9 Å². The Bertz CT molecular complexity index is 300. The molecule has 0 spiro atoms. The summed E-state index contributed by atoms with van der Waals surface area (Å²) in [6.45, 7) is 5.28. The molecule has 0 bridgehead atoms. The zero-order valence-electron chi connectivity index (χ0n) is 11.2. The fourth-order valence-corrected chi connectivity index (χ4v) is 1.83. The number of carbonyl (C=O) groups is 1. The summed E-state index contributed by atoms with van der Waals surface area (Å²) in [4.78, 5) is 13.8. The van der Waals surface area contributed by atoms with Gasteiger partial charge in [-0.1, -0.05) is 19.0 Å². The molecule has 6 heteroatoms. The highest BCUT2D eigenvalue weighted by Crippen LogP contribution is 2.18. The van der Waals surface area contributed by atoms with Crippen LogP contribution in [-0.2, 0) is 0 Å². The van der Waals surface area contributed by atoms with Crippen LogP contribution in [0.1, 0.15) is 39.5 Å². The van der Waals surface area contributed by atoms with Gasteiger partial charge in [-0.3, -0.25) is 0 Å². The highest BCUT2D eigenvalue weighted by molar-refractivity contribution is 5.81. The Labute approximate surface area is 108 Å². The van der Waals surface area contributed by atoms with Gasteiger partial charge >= 0.3 is 6.03 Å². The zero-order chi connectivity index (χ0) is 13.5. The van der Waals surface area contributed by atoms with Crippen LogP contribution in [0.25, 0.3) is 0 Å². The van der Waals surface area contributed by atoms with E-state index in [0.717, 1.165) is 12.8 Å². The van der Waals surface area contributed by atoms with Crippen molar-refractivity contribution in [1.29, 1.82) is 0 Å². The molecule has 104 valence electrons. The summed E-state index contributed by atoms with van der Waals surface area (Å²) >= 11 is 0. The van der Waals surface area contributed by atoms with Gasteiger partial charge in [-0.2, -0.15) is 0 Å². The molecule has 0 aromatic carbocycles. The molecule has 6 nitrogen and oxygen atoms in total. The van der Waals surface area contributed by atoms with E-state index in [1.165, 1.54) is 6.42 Å². The molecular formula is C12H24N4O2. The van der Waals surface area contributed by atoms with Crippen molar-refractivity contribution in [3.63, 3.8) is 0 Å². The minimum Gasteiger partial charge on any atom is -0.409 e. The number of nitrogens with zero attached hydrogens (tertiary/aromatic N) is 2. The van der Waals surface area contributed by atoms with Crippen LogP contribution in [0.4, 0.5) is 4.79 Å². The van der Waals surface area contributed by atoms with E-state index in [1.807, 2.05) is 0 Å². The number of amides is 2. The molecule has 0 unspecified atom stereocenters. The second-order valence-corrected chi connectivity index (χ2v) is 5.26. The third-order valence-corrected chi connectivity index (χ3v) is 3.07. The van der Waals surface area contributed by atoms with Gasteiger partial charge < -0.3 is 21.2 Å². The molecule has 0 radical (unpaired) electrons. The molecule has 1 rings (SSSR count). The van der Waals surface area contributed by atoms with Gasteiger partial charge in [0.05, 0.1) is 0 Å². The Kier molecular flexibility index (Phi) is 5.74. The van der Waals surface area contributed by atoms with Crippen molar-refractivity contribution in [2.45, 2.75) is 45.6 Å². The molecule has 1 saturated carbocycles. The molecule has 1 fully saturated rings. The highest BCUT2D eigenvalue weighted by Gasteiger charge is 2.23. The van der Waals surface area contributed by atoms with Crippen LogP contribution in [0.15, 0.2) is 5.16 Å². The quantitative estimate of drug-likeness (QED) is 0.290. The number of oxime groups is 1. The molecule has 0 saturated heterocycles. The molecule has 0 heterocycles. The SMILES string of the molecule is CC(C)CN(CCC(N)=NO)C(=O)NC1CCC1. The van der Waals surface area contributed by atoms with E-state index in [1.54, 1.807) is 4.90 Å². The van der Waals surface area contributed by atoms with E-state index in [9.17, 15) is 4.79 Å². The van der Waals surface area contributed by atoms with E-state index >= 15 is 0 Å². The normalized spacial score (nSPS) is 16.5. The molecule has 0 atom stereocenters. The van der Waals surface area contributed by atoms with Crippen molar-refractivity contribution in [2.24, 2.45) is 16.8 Å². The number of rotatable bonds is 6. The Morgan fingerprint density at radius 2 is 2.22 bits per heavy atom. The molecule has 0 aliphatic heterocycles. The first-order chi connectivity index (χ1) is 8.52. The van der Waals surface area contributed by atoms with Crippen LogP contribution in [0.5, 0.6) is 0 Å². The van der Waals surface area contributed by atoms with Crippen molar-refractivity contribution < 1.29 is 10.0 Å². The monoisotopic (exact) mass is 256 g/mol. The van der Waals surface area contributed by atoms with Gasteiger partial charge in [0.2, 0.25) is 0 Å². The van der Waals surface area contributed by atoms with Crippen LogP contribution >= 0.6 is 0 Å². The molecule has 4 N–H and O–H groups in total. The Morgan fingerprint density at radius 3 is 2.67 bits per heavy atom. The van der Waals surface area contributed by atoms with E-state index in [0.29, 0.717) is 31.5 Å². The van der Waals surface area contributed by atoms with Crippen molar-refractivity contribution in [2.75, 3.05) is 13.1 Å². The number of nitrogens with two attached hydrogens (primary N) is 1. The molecule has 0 aromatic heterocycles. The summed E-state index contributed by atoms with van der Waals surface area (Å²) in [5, 5.41) is 14.4. The highest BCUT2D eigenvalue weighted by atomic mass is 16.4. The Balaban J connectivity index is 2.44. The van der Waals surface area contributed by atoms with Crippen molar-refractivity contribution in [1.82, 2.24) is 10.2 Å². The third kappa shape index (κ3) is 4.81. The summed E-state index contributed by atoms with van der Waals surface area (Å²) in [6, 6.07) is 0.287. The summed E-state index contributed by atoms with van der Waals surface area (Å²) in [6.07, 6.45) is 3.73. The first-order valence-electron chi connectivity index (χ1n) is 6.54. The van der Waals surface area contributed by atoms with E-state index < -0.39 is 0 Å². The third-order valence-electron chi connectivity index (χ3n) is 3.07. The molecule has 1 aliphatic rings. The van der Waals surface area contributed by atoms with E-state index in [2.05, 4.69) is 24.3 Å². The standard InChI is InChI=1S/C12H24N4O2/c1-9(2)8-16(7-6-11(13)15-18)12(17)14-10-4-3-5-10/h9-10,18H,3-8H2,1-2H3,(H2,13,15)(H,14,17). The minimum atomic E-state index is -0.0425. The second-order valence-electron chi connectivity index (χ2n) is 5.26. The number of hydrogen-bond acceptors (Lipinski definition) is 3. The smallest absolute Gasteiger partial charge is 0.317 e. The summed E-state index contributed by atoms with van der Waals surface area (Å²) < 4.78 is 0. The first-order valence-corrected chi connectivity index (χ1v) is 6.54. The average molecular weight is 256 g/mol. The number of nitrogens with one attached hydrogen (secondary N) is 1. The van der Waals surface area contributed by atoms with Crippen molar-refractivity contribution in [3.8, 4) is 0 Å². The zero-order valence-corrected chi connectivity index (χ0v) is 11.2. The van der Waals surface area contributed by atoms with E-state index in [4.69, 9.17) is 10.9 Å². The largest absolute Gasteiger partial charge is 0.409 e. The fourth-order valence-electron chi connectivity index (χ4n) is 1.83. The fraction of sp³-hybridized carbons (Fsp3) is 0.833. The Hall–Kier alpha value is -1.46. The topological polar surface area (TPSA) is 90.9 Å². The summed E-state index contributed by atoms with van der Waals surface area (Å²) in [5.41, 5.74) is 5.43. The second kappa shape index (κ2) is 7.08. The number of urea groups is 1. The van der Waals surface area contributed by atoms with Gasteiger partial charge in [0.15, 0.2) is 0 Å². The van der Waals surface area contributed by atoms with Gasteiger partial charge in [-0.05, 0) is 25.2 Å². The van der Waals surface area contributed by atoms with Crippen LogP contribution in [0, 0.1) is 5.92 Å². The summed E-state index contributed by atoms with van der Waals surface area (Å²) in [5.74, 6) is 0.546. The van der Waals surface area contributed by atoms with Crippen LogP contribution in [0.2, 0.25) is 0 Å². The van der Waals surface area contributed by atoms with Gasteiger partial charge in [-0.15, -0.1) is 0 Å². The lowest BCUT2D eigenvalue weighted by Crippen LogP contribution is -2.49. The van der Waals surface area contributed by atoms with Crippen molar-refractivity contribution in [3.05, 3.63) is 0 Å². The molecular weight excluding hydrogens is 232 g/mol. The minimum absolute atomic E-state index is 0.0425. The van der Waals surface area contributed by atoms with Gasteiger partial charge in [0, 0.05) is 25.6 Å². The van der Waals surface area contributed by atoms with Gasteiger partial charge in [0.25, 0.3) is 0 Å². The molecule has 1 aliphatic carbocycles. The first kappa shape index (κ1) is 14.6. The van der Waals surface area contributed by atoms with Gasteiger partial charge in [-0.25, -0.2) is 4.79 Å². The lowest BCUT2D eigenvalue weighted by atomic mass is 9.93. The van der Waals surface area contributed by atoms with E-state index in [-0.39, 0.29) is 11.9 Å². The molecule has 18 heavy (non-hydrogen) atoms. The van der Waals surface area contributed by atoms with Crippen LogP contribution in [0.3, 0.4) is 0 Å². The average Bonchev–Trinajstić information content (AvgIpc) is 2.27. The van der Waals surface area contributed by atoms with Crippen LogP contribution < -0.4 is 11.1 Å². The predicted molar refractivity (Wildman–Crippen MR) is 70.6 cm³/mol. The Morgan fingerprint density at radius 1 is 1.56 bits per heavy atom. The molecule has 2 amide bonds. The number of amidine groups is 1. The van der Waals surface area contributed by atoms with Gasteiger partial charge in [0.1, 0.15) is 5.84 Å². The summed E-state index contributed by atoms with van der Waals surface area (Å²) in [7, 11) is 0. The maximum absolute atomic E-state index is 12.1. The number of hydrogen-bond donors (Lipinski definition) is 3. The maximum atomic E-state index is 12.1. The lowest BCUT2D eigenvalue weighted by molar-refractivity contribution is 0.181. The predicted octanol–water partition coefficient (Wildman–Crippen LogP) is 1.34. The molecule has 0 aromatic rings. The lowest BCUT2D eigenvalue weighted by Gasteiger charge is -2.31. The maximum Gasteiger partial charge on any atom is 0.317 e. The number of carbonyl (C=O) groups excluding carboxylic acids is 1.